The Morgan fingerprint density at radius 1 is 1.09 bits per heavy atom. The van der Waals surface area contributed by atoms with Gasteiger partial charge in [-0.05, 0) is 74.0 Å². The molecule has 254 valence electrons. The number of hydrogen-bond acceptors (Lipinski definition) is 12. The number of hydroxylamine groups is 1. The van der Waals surface area contributed by atoms with Crippen molar-refractivity contribution in [3.05, 3.63) is 55.1 Å². The maximum Gasteiger partial charge on any atom is 0.328 e. The molecule has 46 heavy (non-hydrogen) atoms. The first-order valence-corrected chi connectivity index (χ1v) is 15.2. The van der Waals surface area contributed by atoms with Crippen molar-refractivity contribution in [1.29, 1.82) is 0 Å². The maximum absolute atomic E-state index is 14.5. The van der Waals surface area contributed by atoms with E-state index in [1.807, 2.05) is 22.6 Å². The number of aliphatic hydroxyl groups is 2. The lowest BCUT2D eigenvalue weighted by Crippen LogP contribution is -2.40. The van der Waals surface area contributed by atoms with Crippen molar-refractivity contribution < 1.29 is 52.8 Å². The number of carbonyl (C=O) groups is 4. The molecule has 0 fully saturated rings. The zero-order valence-electron chi connectivity index (χ0n) is 25.8. The normalized spacial score (nSPS) is 12.9. The smallest absolute Gasteiger partial charge is 0.328 e. The molecule has 15 nitrogen and oxygen atoms in total. The second-order valence-electron chi connectivity index (χ2n) is 10.1. The van der Waals surface area contributed by atoms with Crippen LogP contribution in [0.1, 0.15) is 49.0 Å². The highest BCUT2D eigenvalue weighted by molar-refractivity contribution is 14.1. The lowest BCUT2D eigenvalue weighted by atomic mass is 10.1. The summed E-state index contributed by atoms with van der Waals surface area (Å²) in [6.45, 7) is 3.19. The molecule has 3 atom stereocenters. The number of aryl methyl sites for hydroxylation is 1. The first-order valence-electron chi connectivity index (χ1n) is 14.1. The second kappa shape index (κ2) is 19.1. The number of benzene rings is 1. The van der Waals surface area contributed by atoms with Gasteiger partial charge in [-0.2, -0.15) is 0 Å². The summed E-state index contributed by atoms with van der Waals surface area (Å²) in [5, 5.41) is 23.7. The monoisotopic (exact) mass is 764 g/mol. The van der Waals surface area contributed by atoms with Gasteiger partial charge in [0.25, 0.3) is 11.5 Å². The fraction of sp³-hybridized carbons (Fsp3) is 0.483. The van der Waals surface area contributed by atoms with Gasteiger partial charge < -0.3 is 35.1 Å². The lowest BCUT2D eigenvalue weighted by molar-refractivity contribution is -0.180. The first kappa shape index (κ1) is 38.5. The Labute approximate surface area is 277 Å². The minimum absolute atomic E-state index is 0.00145. The van der Waals surface area contributed by atoms with E-state index in [9.17, 15) is 33.5 Å². The Hall–Kier alpha value is -3.65. The van der Waals surface area contributed by atoms with Gasteiger partial charge in [0, 0.05) is 29.0 Å². The molecule has 0 aliphatic rings. The van der Waals surface area contributed by atoms with E-state index in [0.29, 0.717) is 3.57 Å². The van der Waals surface area contributed by atoms with Crippen LogP contribution in [0.2, 0.25) is 0 Å². The minimum Gasteiger partial charge on any atom is -0.462 e. The molecule has 0 bridgehead atoms. The third-order valence-corrected chi connectivity index (χ3v) is 6.84. The van der Waals surface area contributed by atoms with Gasteiger partial charge in [-0.25, -0.2) is 14.7 Å². The highest BCUT2D eigenvalue weighted by atomic mass is 127. The van der Waals surface area contributed by atoms with Gasteiger partial charge in [-0.1, -0.05) is 0 Å². The van der Waals surface area contributed by atoms with Crippen molar-refractivity contribution in [2.75, 3.05) is 31.7 Å². The van der Waals surface area contributed by atoms with Crippen LogP contribution in [-0.2, 0) is 40.5 Å². The Morgan fingerprint density at radius 2 is 1.80 bits per heavy atom. The maximum atomic E-state index is 14.5. The van der Waals surface area contributed by atoms with E-state index in [-0.39, 0.29) is 61.7 Å². The molecule has 17 heteroatoms. The van der Waals surface area contributed by atoms with Crippen LogP contribution in [0, 0.1) is 16.3 Å². The van der Waals surface area contributed by atoms with Gasteiger partial charge in [-0.3, -0.25) is 28.6 Å². The summed E-state index contributed by atoms with van der Waals surface area (Å²) in [5.41, 5.74) is 2.12. The SMILES string of the molecule is Cc1cc(C(=O)NOCCOC(=O)[C@H](C)NC(=O)CCCC(=O)OCC(O)OC(C)CO)c(Nc2ccc(I)cc2F)n(C)c1=O. The Bertz CT molecular complexity index is 1440. The average Bonchev–Trinajstić information content (AvgIpc) is 3.00. The summed E-state index contributed by atoms with van der Waals surface area (Å²) in [5.74, 6) is -3.24. The van der Waals surface area contributed by atoms with E-state index < -0.39 is 60.2 Å². The predicted octanol–water partition coefficient (Wildman–Crippen LogP) is 1.32. The second-order valence-corrected chi connectivity index (χ2v) is 11.3. The molecule has 2 amide bonds. The number of halogens is 2. The molecule has 0 saturated carbocycles. The standard InChI is InChI=1S/C29H38FIN4O11/c1-16-12-20(26(35(4)28(16)41)33-22-9-8-19(31)13-21(22)30)27(40)34-45-11-10-43-29(42)18(3)32-23(37)6-5-7-24(38)44-15-25(39)46-17(2)14-36/h8-9,12-13,17-18,25,33,36,39H,5-7,10-11,14-15H2,1-4H3,(H,32,37)(H,34,40)/t17?,18-,25?/m0/s1. The van der Waals surface area contributed by atoms with Crippen LogP contribution in [0.25, 0.3) is 0 Å². The predicted molar refractivity (Wildman–Crippen MR) is 169 cm³/mol. The minimum atomic E-state index is -1.39. The number of ether oxygens (including phenoxy) is 3. The molecule has 2 aromatic rings. The van der Waals surface area contributed by atoms with E-state index in [1.54, 1.807) is 6.07 Å². The average molecular weight is 765 g/mol. The molecule has 5 N–H and O–H groups in total. The molecule has 0 radical (unpaired) electrons. The van der Waals surface area contributed by atoms with Crippen LogP contribution < -0.4 is 21.7 Å². The number of rotatable bonds is 18. The summed E-state index contributed by atoms with van der Waals surface area (Å²) in [7, 11) is 1.43. The third kappa shape index (κ3) is 12.6. The van der Waals surface area contributed by atoms with E-state index in [0.717, 1.165) is 0 Å². The van der Waals surface area contributed by atoms with Crippen molar-refractivity contribution in [3.8, 4) is 0 Å². The summed E-state index contributed by atoms with van der Waals surface area (Å²) < 4.78 is 31.1. The molecule has 1 heterocycles. The highest BCUT2D eigenvalue weighted by Crippen LogP contribution is 2.24. The Morgan fingerprint density at radius 3 is 2.48 bits per heavy atom. The van der Waals surface area contributed by atoms with Crippen LogP contribution in [0.3, 0.4) is 0 Å². The molecule has 2 rings (SSSR count). The summed E-state index contributed by atoms with van der Waals surface area (Å²) in [4.78, 5) is 66.6. The number of pyridine rings is 1. The number of carbonyl (C=O) groups excluding carboxylic acids is 4. The Kier molecular flexibility index (Phi) is 16.0. The lowest BCUT2D eigenvalue weighted by Gasteiger charge is -2.17. The molecule has 1 aromatic carbocycles. The zero-order chi connectivity index (χ0) is 34.4. The van der Waals surface area contributed by atoms with E-state index in [2.05, 4.69) is 16.1 Å². The van der Waals surface area contributed by atoms with Crippen LogP contribution in [0.4, 0.5) is 15.9 Å². The van der Waals surface area contributed by atoms with Crippen LogP contribution in [0.15, 0.2) is 29.1 Å². The van der Waals surface area contributed by atoms with Gasteiger partial charge in [-0.15, -0.1) is 0 Å². The van der Waals surface area contributed by atoms with Crippen molar-refractivity contribution in [2.45, 2.75) is 58.5 Å². The number of aliphatic hydroxyl groups excluding tert-OH is 2. The summed E-state index contributed by atoms with van der Waals surface area (Å²) >= 11 is 1.95. The third-order valence-electron chi connectivity index (χ3n) is 6.17. The molecule has 0 aliphatic carbocycles. The number of nitrogens with one attached hydrogen (secondary N) is 3. The molecule has 2 unspecified atom stereocenters. The van der Waals surface area contributed by atoms with Crippen molar-refractivity contribution in [1.82, 2.24) is 15.4 Å². The van der Waals surface area contributed by atoms with E-state index >= 15 is 0 Å². The van der Waals surface area contributed by atoms with Gasteiger partial charge >= 0.3 is 11.9 Å². The van der Waals surface area contributed by atoms with Crippen LogP contribution in [0.5, 0.6) is 0 Å². The number of esters is 2. The number of anilines is 2. The quantitative estimate of drug-likeness (QED) is 0.0480. The molecular formula is C29H38FIN4O11. The van der Waals surface area contributed by atoms with Gasteiger partial charge in [0.15, 0.2) is 6.29 Å². The number of hydrogen-bond donors (Lipinski definition) is 5. The fourth-order valence-electron chi connectivity index (χ4n) is 3.77. The molecule has 0 spiro atoms. The number of amides is 2. The number of nitrogens with zero attached hydrogens (tertiary/aromatic N) is 1. The fourth-order valence-corrected chi connectivity index (χ4v) is 4.22. The molecule has 0 aliphatic heterocycles. The van der Waals surface area contributed by atoms with E-state index in [1.165, 1.54) is 50.6 Å². The van der Waals surface area contributed by atoms with Gasteiger partial charge in [0.2, 0.25) is 5.91 Å². The van der Waals surface area contributed by atoms with Gasteiger partial charge in [0.05, 0.1) is 24.0 Å². The summed E-state index contributed by atoms with van der Waals surface area (Å²) in [6, 6.07) is 4.74. The van der Waals surface area contributed by atoms with Crippen LogP contribution >= 0.6 is 22.6 Å². The first-order chi connectivity index (χ1) is 21.7. The molecular weight excluding hydrogens is 726 g/mol. The van der Waals surface area contributed by atoms with E-state index in [4.69, 9.17) is 24.2 Å². The Balaban J connectivity index is 1.75. The van der Waals surface area contributed by atoms with Crippen molar-refractivity contribution in [2.24, 2.45) is 7.05 Å². The molecule has 1 aromatic heterocycles. The van der Waals surface area contributed by atoms with Gasteiger partial charge in [0.1, 0.15) is 37.5 Å². The topological polar surface area (TPSA) is 204 Å². The van der Waals surface area contributed by atoms with Crippen molar-refractivity contribution in [3.63, 3.8) is 0 Å². The number of aromatic nitrogens is 1. The largest absolute Gasteiger partial charge is 0.462 e. The molecule has 0 saturated heterocycles. The van der Waals surface area contributed by atoms with Crippen LogP contribution in [-0.4, -0.2) is 83.4 Å². The summed E-state index contributed by atoms with van der Waals surface area (Å²) in [6.07, 6.45) is -2.09. The van der Waals surface area contributed by atoms with Crippen molar-refractivity contribution >= 4 is 57.8 Å². The highest BCUT2D eigenvalue weighted by Gasteiger charge is 2.20. The zero-order valence-corrected chi connectivity index (χ0v) is 27.9.